The normalized spacial score (nSPS) is 24.6. The summed E-state index contributed by atoms with van der Waals surface area (Å²) in [5.74, 6) is -1.63. The standard InChI is InChI=1S/C13H23N3O5/c1-3-4-5-16(6-10(14)17)12(20)15-9-7-21-8-13(9,2)11(18)19/h9H,3-8H2,1-2H3,(H2,14,17)(H,15,20)(H,18,19). The second kappa shape index (κ2) is 7.26. The number of hydrogen-bond donors (Lipinski definition) is 3. The third-order valence-corrected chi connectivity index (χ3v) is 3.66. The number of aliphatic carboxylic acids is 1. The zero-order valence-electron chi connectivity index (χ0n) is 12.4. The Morgan fingerprint density at radius 3 is 2.67 bits per heavy atom. The molecule has 0 radical (unpaired) electrons. The fourth-order valence-corrected chi connectivity index (χ4v) is 2.11. The molecule has 4 N–H and O–H groups in total. The minimum atomic E-state index is -1.17. The molecule has 1 fully saturated rings. The van der Waals surface area contributed by atoms with Crippen molar-refractivity contribution in [2.24, 2.45) is 11.1 Å². The first kappa shape index (κ1) is 17.2. The molecule has 0 spiro atoms. The van der Waals surface area contributed by atoms with Gasteiger partial charge in [0, 0.05) is 6.54 Å². The second-order valence-corrected chi connectivity index (χ2v) is 5.48. The number of carboxylic acid groups (broad SMARTS) is 1. The Bertz CT molecular complexity index is 415. The number of amides is 3. The number of nitrogens with zero attached hydrogens (tertiary/aromatic N) is 1. The van der Waals surface area contributed by atoms with E-state index in [1.807, 2.05) is 6.92 Å². The van der Waals surface area contributed by atoms with Crippen LogP contribution in [0.1, 0.15) is 26.7 Å². The Hall–Kier alpha value is -1.83. The van der Waals surface area contributed by atoms with Crippen LogP contribution in [0.4, 0.5) is 4.79 Å². The van der Waals surface area contributed by atoms with E-state index < -0.39 is 29.4 Å². The number of primary amides is 1. The number of nitrogens with one attached hydrogen (secondary N) is 1. The van der Waals surface area contributed by atoms with Crippen LogP contribution in [0.2, 0.25) is 0 Å². The molecule has 0 bridgehead atoms. The van der Waals surface area contributed by atoms with Gasteiger partial charge in [0.2, 0.25) is 5.91 Å². The molecule has 1 aliphatic heterocycles. The molecule has 0 aliphatic carbocycles. The molecule has 1 aliphatic rings. The van der Waals surface area contributed by atoms with E-state index in [-0.39, 0.29) is 19.8 Å². The van der Waals surface area contributed by atoms with Gasteiger partial charge in [-0.1, -0.05) is 13.3 Å². The van der Waals surface area contributed by atoms with E-state index in [1.54, 1.807) is 0 Å². The minimum absolute atomic E-state index is 0.0397. The van der Waals surface area contributed by atoms with Crippen molar-refractivity contribution in [1.29, 1.82) is 0 Å². The predicted octanol–water partition coefficient (Wildman–Crippen LogP) is -0.227. The van der Waals surface area contributed by atoms with Crippen molar-refractivity contribution in [3.63, 3.8) is 0 Å². The van der Waals surface area contributed by atoms with E-state index in [2.05, 4.69) is 5.32 Å². The van der Waals surface area contributed by atoms with Crippen molar-refractivity contribution < 1.29 is 24.2 Å². The number of carbonyl (C=O) groups is 3. The number of carbonyl (C=O) groups excluding carboxylic acids is 2. The van der Waals surface area contributed by atoms with Crippen LogP contribution in [0, 0.1) is 5.41 Å². The molecular formula is C13H23N3O5. The van der Waals surface area contributed by atoms with Crippen LogP contribution in [0.3, 0.4) is 0 Å². The van der Waals surface area contributed by atoms with Crippen LogP contribution in [0.15, 0.2) is 0 Å². The fraction of sp³-hybridized carbons (Fsp3) is 0.769. The summed E-state index contributed by atoms with van der Waals surface area (Å²) < 4.78 is 5.17. The highest BCUT2D eigenvalue weighted by atomic mass is 16.5. The lowest BCUT2D eigenvalue weighted by Crippen LogP contribution is -2.54. The van der Waals surface area contributed by atoms with E-state index in [0.717, 1.165) is 12.8 Å². The van der Waals surface area contributed by atoms with E-state index in [0.29, 0.717) is 6.54 Å². The molecule has 1 saturated heterocycles. The zero-order valence-corrected chi connectivity index (χ0v) is 12.4. The van der Waals surface area contributed by atoms with E-state index >= 15 is 0 Å². The number of unbranched alkanes of at least 4 members (excludes halogenated alkanes) is 1. The topological polar surface area (TPSA) is 122 Å². The highest BCUT2D eigenvalue weighted by Crippen LogP contribution is 2.28. The van der Waals surface area contributed by atoms with Crippen LogP contribution in [0.25, 0.3) is 0 Å². The van der Waals surface area contributed by atoms with E-state index in [1.165, 1.54) is 11.8 Å². The third kappa shape index (κ3) is 4.32. The number of hydrogen-bond acceptors (Lipinski definition) is 4. The van der Waals surface area contributed by atoms with Gasteiger partial charge in [-0.15, -0.1) is 0 Å². The van der Waals surface area contributed by atoms with Crippen LogP contribution >= 0.6 is 0 Å². The summed E-state index contributed by atoms with van der Waals surface area (Å²) >= 11 is 0. The molecule has 120 valence electrons. The van der Waals surface area contributed by atoms with Crippen LogP contribution in [0.5, 0.6) is 0 Å². The summed E-state index contributed by atoms with van der Waals surface area (Å²) in [6.07, 6.45) is 1.60. The quantitative estimate of drug-likeness (QED) is 0.599. The van der Waals surface area contributed by atoms with Crippen molar-refractivity contribution in [2.75, 3.05) is 26.3 Å². The maximum absolute atomic E-state index is 12.2. The van der Waals surface area contributed by atoms with Crippen molar-refractivity contribution in [3.8, 4) is 0 Å². The highest BCUT2D eigenvalue weighted by Gasteiger charge is 2.47. The van der Waals surface area contributed by atoms with Crippen molar-refractivity contribution >= 4 is 17.9 Å². The van der Waals surface area contributed by atoms with E-state index in [9.17, 15) is 19.5 Å². The van der Waals surface area contributed by atoms with Gasteiger partial charge in [0.15, 0.2) is 0 Å². The molecular weight excluding hydrogens is 278 g/mol. The number of nitrogens with two attached hydrogens (primary N) is 1. The van der Waals surface area contributed by atoms with Crippen molar-refractivity contribution in [3.05, 3.63) is 0 Å². The van der Waals surface area contributed by atoms with Gasteiger partial charge in [-0.3, -0.25) is 9.59 Å². The average Bonchev–Trinajstić information content (AvgIpc) is 2.77. The maximum atomic E-state index is 12.2. The second-order valence-electron chi connectivity index (χ2n) is 5.48. The smallest absolute Gasteiger partial charge is 0.318 e. The first-order chi connectivity index (χ1) is 9.81. The van der Waals surface area contributed by atoms with Gasteiger partial charge >= 0.3 is 12.0 Å². The zero-order chi connectivity index (χ0) is 16.0. The molecule has 0 aromatic heterocycles. The fourth-order valence-electron chi connectivity index (χ4n) is 2.11. The summed E-state index contributed by atoms with van der Waals surface area (Å²) in [6.45, 7) is 3.86. The largest absolute Gasteiger partial charge is 0.481 e. The van der Waals surface area contributed by atoms with Gasteiger partial charge in [-0.05, 0) is 13.3 Å². The molecule has 1 rings (SSSR count). The van der Waals surface area contributed by atoms with Crippen LogP contribution in [-0.2, 0) is 14.3 Å². The van der Waals surface area contributed by atoms with Gasteiger partial charge in [-0.25, -0.2) is 4.79 Å². The highest BCUT2D eigenvalue weighted by molar-refractivity contribution is 5.84. The third-order valence-electron chi connectivity index (χ3n) is 3.66. The van der Waals surface area contributed by atoms with Crippen LogP contribution in [-0.4, -0.2) is 60.3 Å². The first-order valence-corrected chi connectivity index (χ1v) is 6.96. The SMILES string of the molecule is CCCCN(CC(N)=O)C(=O)NC1COCC1(C)C(=O)O. The number of urea groups is 1. The van der Waals surface area contributed by atoms with Crippen molar-refractivity contribution in [1.82, 2.24) is 10.2 Å². The Morgan fingerprint density at radius 1 is 1.48 bits per heavy atom. The summed E-state index contributed by atoms with van der Waals surface area (Å²) in [5, 5.41) is 11.9. The predicted molar refractivity (Wildman–Crippen MR) is 74.6 cm³/mol. The lowest BCUT2D eigenvalue weighted by Gasteiger charge is -2.29. The Balaban J connectivity index is 2.71. The van der Waals surface area contributed by atoms with E-state index in [4.69, 9.17) is 10.5 Å². The van der Waals surface area contributed by atoms with Gasteiger partial charge in [0.1, 0.15) is 12.0 Å². The summed E-state index contributed by atoms with van der Waals surface area (Å²) in [6, 6.07) is -1.13. The molecule has 1 heterocycles. The number of rotatable bonds is 7. The minimum Gasteiger partial charge on any atom is -0.481 e. The Labute approximate surface area is 123 Å². The maximum Gasteiger partial charge on any atom is 0.318 e. The average molecular weight is 301 g/mol. The molecule has 21 heavy (non-hydrogen) atoms. The first-order valence-electron chi connectivity index (χ1n) is 6.96. The summed E-state index contributed by atoms with van der Waals surface area (Å²) in [4.78, 5) is 35.9. The molecule has 2 unspecified atom stereocenters. The van der Waals surface area contributed by atoms with Gasteiger partial charge in [0.05, 0.1) is 19.3 Å². The monoisotopic (exact) mass is 301 g/mol. The van der Waals surface area contributed by atoms with Gasteiger partial charge < -0.3 is 25.8 Å². The molecule has 0 aromatic carbocycles. The molecule has 0 aromatic rings. The Morgan fingerprint density at radius 2 is 2.14 bits per heavy atom. The molecule has 8 heteroatoms. The lowest BCUT2D eigenvalue weighted by molar-refractivity contribution is -0.148. The van der Waals surface area contributed by atoms with Crippen molar-refractivity contribution in [2.45, 2.75) is 32.7 Å². The van der Waals surface area contributed by atoms with Gasteiger partial charge in [-0.2, -0.15) is 0 Å². The molecule has 2 atom stereocenters. The summed E-state index contributed by atoms with van der Waals surface area (Å²) in [5.41, 5.74) is 3.97. The number of ether oxygens (including phenoxy) is 1. The molecule has 3 amide bonds. The molecule has 0 saturated carbocycles. The lowest BCUT2D eigenvalue weighted by atomic mass is 9.85. The van der Waals surface area contributed by atoms with Crippen LogP contribution < -0.4 is 11.1 Å². The number of carboxylic acids is 1. The molecule has 8 nitrogen and oxygen atoms in total. The van der Waals surface area contributed by atoms with Gasteiger partial charge in [0.25, 0.3) is 0 Å². The summed E-state index contributed by atoms with van der Waals surface area (Å²) in [7, 11) is 0. The Kier molecular flexibility index (Phi) is 5.95.